The number of urea groups is 1. The maximum atomic E-state index is 11.8. The molecule has 1 atom stereocenters. The third-order valence-electron chi connectivity index (χ3n) is 2.46. The Morgan fingerprint density at radius 2 is 1.63 bits per heavy atom. The first kappa shape index (κ1) is 17.2. The van der Waals surface area contributed by atoms with Gasteiger partial charge in [-0.25, -0.2) is 9.59 Å². The minimum atomic E-state index is -1.12. The summed E-state index contributed by atoms with van der Waals surface area (Å²) in [4.78, 5) is 33.7. The summed E-state index contributed by atoms with van der Waals surface area (Å²) in [6.07, 6.45) is -0.0341. The van der Waals surface area contributed by atoms with Crippen molar-refractivity contribution in [1.29, 1.82) is 0 Å². The summed E-state index contributed by atoms with van der Waals surface area (Å²) in [6.45, 7) is 8.39. The molecule has 0 aliphatic heterocycles. The highest BCUT2D eigenvalue weighted by molar-refractivity contribution is 5.84. The molecule has 110 valence electrons. The van der Waals surface area contributed by atoms with E-state index in [0.717, 1.165) is 0 Å². The van der Waals surface area contributed by atoms with Gasteiger partial charge in [0, 0.05) is 12.0 Å². The number of rotatable bonds is 5. The molecular formula is C12H23N3O4. The first-order chi connectivity index (χ1) is 8.35. The second-order valence-corrected chi connectivity index (χ2v) is 6.26. The molecule has 0 aliphatic carbocycles. The molecule has 0 bridgehead atoms. The number of nitrogens with one attached hydrogen (secondary N) is 2. The summed E-state index contributed by atoms with van der Waals surface area (Å²) in [6, 6.07) is -1.68. The van der Waals surface area contributed by atoms with Gasteiger partial charge >= 0.3 is 12.0 Å². The molecule has 0 radical (unpaired) electrons. The fourth-order valence-electron chi connectivity index (χ4n) is 1.60. The van der Waals surface area contributed by atoms with E-state index in [1.54, 1.807) is 34.6 Å². The van der Waals surface area contributed by atoms with Crippen LogP contribution in [0.15, 0.2) is 0 Å². The van der Waals surface area contributed by atoms with Gasteiger partial charge in [-0.05, 0) is 19.3 Å². The molecule has 7 nitrogen and oxygen atoms in total. The van der Waals surface area contributed by atoms with Crippen LogP contribution in [0.5, 0.6) is 0 Å². The Hall–Kier alpha value is -1.79. The molecule has 0 heterocycles. The standard InChI is InChI=1S/C12H23N3O4/c1-11(2,3)8(9(17)18)14-10(19)15-12(4,5)6-7(13)16/h8H,6H2,1-5H3,(H2,13,16)(H,17,18)(H2,14,15,19). The lowest BCUT2D eigenvalue weighted by atomic mass is 9.87. The molecule has 0 rings (SSSR count). The molecule has 0 aromatic heterocycles. The summed E-state index contributed by atoms with van der Waals surface area (Å²) in [5.74, 6) is -1.66. The van der Waals surface area contributed by atoms with Crippen molar-refractivity contribution in [3.8, 4) is 0 Å². The predicted octanol–water partition coefficient (Wildman–Crippen LogP) is 0.439. The average Bonchev–Trinajstić information content (AvgIpc) is 2.08. The van der Waals surface area contributed by atoms with Crippen LogP contribution in [0.1, 0.15) is 41.0 Å². The smallest absolute Gasteiger partial charge is 0.326 e. The van der Waals surface area contributed by atoms with Crippen LogP contribution >= 0.6 is 0 Å². The second kappa shape index (κ2) is 5.90. The molecular weight excluding hydrogens is 250 g/mol. The molecule has 19 heavy (non-hydrogen) atoms. The molecule has 1 unspecified atom stereocenters. The fourth-order valence-corrected chi connectivity index (χ4v) is 1.60. The largest absolute Gasteiger partial charge is 0.480 e. The minimum Gasteiger partial charge on any atom is -0.480 e. The highest BCUT2D eigenvalue weighted by atomic mass is 16.4. The van der Waals surface area contributed by atoms with E-state index >= 15 is 0 Å². The zero-order valence-electron chi connectivity index (χ0n) is 12.0. The fraction of sp³-hybridized carbons (Fsp3) is 0.750. The number of carbonyl (C=O) groups excluding carboxylic acids is 2. The van der Waals surface area contributed by atoms with Crippen LogP contribution in [0.25, 0.3) is 0 Å². The normalized spacial score (nSPS) is 13.5. The van der Waals surface area contributed by atoms with Crippen molar-refractivity contribution >= 4 is 17.9 Å². The molecule has 0 aromatic carbocycles. The molecule has 0 fully saturated rings. The number of primary amides is 1. The van der Waals surface area contributed by atoms with E-state index in [2.05, 4.69) is 10.6 Å². The van der Waals surface area contributed by atoms with Crippen LogP contribution in [0, 0.1) is 5.41 Å². The van der Waals surface area contributed by atoms with Crippen molar-refractivity contribution in [3.05, 3.63) is 0 Å². The molecule has 3 amide bonds. The maximum Gasteiger partial charge on any atom is 0.326 e. The Morgan fingerprint density at radius 3 is 1.95 bits per heavy atom. The van der Waals surface area contributed by atoms with Gasteiger partial charge in [-0.1, -0.05) is 20.8 Å². The Bertz CT molecular complexity index is 372. The predicted molar refractivity (Wildman–Crippen MR) is 70.4 cm³/mol. The van der Waals surface area contributed by atoms with Crippen LogP contribution in [-0.2, 0) is 9.59 Å². The minimum absolute atomic E-state index is 0.0341. The van der Waals surface area contributed by atoms with Gasteiger partial charge < -0.3 is 21.5 Å². The molecule has 0 aliphatic rings. The van der Waals surface area contributed by atoms with Gasteiger partial charge in [0.2, 0.25) is 5.91 Å². The lowest BCUT2D eigenvalue weighted by Gasteiger charge is -2.30. The van der Waals surface area contributed by atoms with Crippen LogP contribution in [0.4, 0.5) is 4.79 Å². The molecule has 0 saturated carbocycles. The van der Waals surface area contributed by atoms with Crippen LogP contribution < -0.4 is 16.4 Å². The van der Waals surface area contributed by atoms with Crippen molar-refractivity contribution < 1.29 is 19.5 Å². The molecule has 0 saturated heterocycles. The number of hydrogen-bond donors (Lipinski definition) is 4. The van der Waals surface area contributed by atoms with Crippen LogP contribution in [0.2, 0.25) is 0 Å². The number of hydrogen-bond acceptors (Lipinski definition) is 3. The summed E-state index contributed by atoms with van der Waals surface area (Å²) in [7, 11) is 0. The average molecular weight is 273 g/mol. The van der Waals surface area contributed by atoms with E-state index in [9.17, 15) is 14.4 Å². The van der Waals surface area contributed by atoms with E-state index in [1.165, 1.54) is 0 Å². The number of carbonyl (C=O) groups is 3. The van der Waals surface area contributed by atoms with Gasteiger partial charge in [-0.2, -0.15) is 0 Å². The Balaban J connectivity index is 4.68. The lowest BCUT2D eigenvalue weighted by molar-refractivity contribution is -0.142. The van der Waals surface area contributed by atoms with E-state index in [4.69, 9.17) is 10.8 Å². The Morgan fingerprint density at radius 1 is 1.16 bits per heavy atom. The van der Waals surface area contributed by atoms with Gasteiger partial charge in [0.1, 0.15) is 6.04 Å². The highest BCUT2D eigenvalue weighted by Crippen LogP contribution is 2.19. The van der Waals surface area contributed by atoms with E-state index < -0.39 is 34.9 Å². The monoisotopic (exact) mass is 273 g/mol. The molecule has 0 aromatic rings. The summed E-state index contributed by atoms with van der Waals surface area (Å²) < 4.78 is 0. The molecule has 7 heteroatoms. The summed E-state index contributed by atoms with van der Waals surface area (Å²) in [5, 5.41) is 14.0. The van der Waals surface area contributed by atoms with Crippen molar-refractivity contribution in [2.45, 2.75) is 52.6 Å². The molecule has 5 N–H and O–H groups in total. The quantitative estimate of drug-likeness (QED) is 0.580. The summed E-state index contributed by atoms with van der Waals surface area (Å²) in [5.41, 5.74) is 3.60. The summed E-state index contributed by atoms with van der Waals surface area (Å²) >= 11 is 0. The molecule has 0 spiro atoms. The van der Waals surface area contributed by atoms with Crippen molar-refractivity contribution in [3.63, 3.8) is 0 Å². The Labute approximate surface area is 112 Å². The van der Waals surface area contributed by atoms with Crippen LogP contribution in [-0.4, -0.2) is 34.6 Å². The Kier molecular flexibility index (Phi) is 5.34. The van der Waals surface area contributed by atoms with Gasteiger partial charge in [-0.15, -0.1) is 0 Å². The van der Waals surface area contributed by atoms with Gasteiger partial charge in [-0.3, -0.25) is 4.79 Å². The zero-order valence-corrected chi connectivity index (χ0v) is 12.0. The number of aliphatic carboxylic acids is 1. The van der Waals surface area contributed by atoms with Crippen molar-refractivity contribution in [2.75, 3.05) is 0 Å². The van der Waals surface area contributed by atoms with E-state index in [-0.39, 0.29) is 6.42 Å². The first-order valence-corrected chi connectivity index (χ1v) is 5.95. The SMILES string of the molecule is CC(C)(CC(N)=O)NC(=O)NC(C(=O)O)C(C)(C)C. The third kappa shape index (κ3) is 6.64. The zero-order chi connectivity index (χ0) is 15.4. The topological polar surface area (TPSA) is 122 Å². The third-order valence-corrected chi connectivity index (χ3v) is 2.46. The van der Waals surface area contributed by atoms with Gasteiger partial charge in [0.25, 0.3) is 0 Å². The second-order valence-electron chi connectivity index (χ2n) is 6.26. The highest BCUT2D eigenvalue weighted by Gasteiger charge is 2.33. The number of amides is 3. The lowest BCUT2D eigenvalue weighted by Crippen LogP contribution is -2.56. The van der Waals surface area contributed by atoms with Crippen molar-refractivity contribution in [1.82, 2.24) is 10.6 Å². The van der Waals surface area contributed by atoms with E-state index in [1.807, 2.05) is 0 Å². The van der Waals surface area contributed by atoms with Gasteiger partial charge in [0.15, 0.2) is 0 Å². The van der Waals surface area contributed by atoms with Crippen molar-refractivity contribution in [2.24, 2.45) is 11.1 Å². The first-order valence-electron chi connectivity index (χ1n) is 5.95. The van der Waals surface area contributed by atoms with Gasteiger partial charge in [0.05, 0.1) is 0 Å². The number of carboxylic acids is 1. The van der Waals surface area contributed by atoms with Crippen LogP contribution in [0.3, 0.4) is 0 Å². The number of carboxylic acid groups (broad SMARTS) is 1. The number of nitrogens with two attached hydrogens (primary N) is 1. The maximum absolute atomic E-state index is 11.8. The van der Waals surface area contributed by atoms with E-state index in [0.29, 0.717) is 0 Å².